The minimum atomic E-state index is -4.95. The number of esters is 1. The van der Waals surface area contributed by atoms with E-state index in [1.807, 2.05) is 0 Å². The van der Waals surface area contributed by atoms with E-state index in [2.05, 4.69) is 0 Å². The lowest BCUT2D eigenvalue weighted by Crippen LogP contribution is -2.37. The molecule has 1 aromatic carbocycles. The molecule has 1 heterocycles. The highest BCUT2D eigenvalue weighted by atomic mass is 19.4. The summed E-state index contributed by atoms with van der Waals surface area (Å²) in [5.74, 6) is -2.12. The standard InChI is InChI=1S/C16H16F4N2O2/c1-2-24-15(23)10-5-7-22(8-6-10)12-4-3-11(9-21)13(14(12)17)16(18,19)20/h3-4,10H,2,5-8H2,1H3. The Morgan fingerprint density at radius 2 is 2.00 bits per heavy atom. The van der Waals surface area contributed by atoms with Crippen LogP contribution < -0.4 is 4.90 Å². The van der Waals surface area contributed by atoms with Crippen molar-refractivity contribution < 1.29 is 27.1 Å². The maximum absolute atomic E-state index is 14.4. The zero-order chi connectivity index (χ0) is 17.9. The van der Waals surface area contributed by atoms with Crippen molar-refractivity contribution in [2.45, 2.75) is 25.9 Å². The average molecular weight is 344 g/mol. The third-order valence-corrected chi connectivity index (χ3v) is 3.98. The summed E-state index contributed by atoms with van der Waals surface area (Å²) in [6, 6.07) is 3.51. The van der Waals surface area contributed by atoms with Gasteiger partial charge in [-0.25, -0.2) is 4.39 Å². The molecule has 0 aliphatic carbocycles. The summed E-state index contributed by atoms with van der Waals surface area (Å²) in [5.41, 5.74) is -2.50. The average Bonchev–Trinajstić information content (AvgIpc) is 2.53. The van der Waals surface area contributed by atoms with E-state index in [0.29, 0.717) is 12.8 Å². The third kappa shape index (κ3) is 3.61. The van der Waals surface area contributed by atoms with E-state index in [1.54, 1.807) is 6.92 Å². The van der Waals surface area contributed by atoms with Crippen LogP contribution in [-0.4, -0.2) is 25.7 Å². The Hall–Kier alpha value is -2.30. The molecule has 0 N–H and O–H groups in total. The van der Waals surface area contributed by atoms with Gasteiger partial charge < -0.3 is 9.64 Å². The van der Waals surface area contributed by atoms with Crippen LogP contribution >= 0.6 is 0 Å². The van der Waals surface area contributed by atoms with Gasteiger partial charge in [0.25, 0.3) is 0 Å². The number of alkyl halides is 3. The van der Waals surface area contributed by atoms with Gasteiger partial charge in [0, 0.05) is 13.1 Å². The van der Waals surface area contributed by atoms with Gasteiger partial charge in [0.2, 0.25) is 0 Å². The summed E-state index contributed by atoms with van der Waals surface area (Å²) in [7, 11) is 0. The first-order chi connectivity index (χ1) is 11.3. The number of hydrogen-bond donors (Lipinski definition) is 0. The molecule has 0 saturated carbocycles. The van der Waals surface area contributed by atoms with Gasteiger partial charge in [0.1, 0.15) is 5.56 Å². The summed E-state index contributed by atoms with van der Waals surface area (Å²) in [5, 5.41) is 8.77. The summed E-state index contributed by atoms with van der Waals surface area (Å²) in [4.78, 5) is 13.1. The number of rotatable bonds is 3. The van der Waals surface area contributed by atoms with Gasteiger partial charge >= 0.3 is 12.1 Å². The number of halogens is 4. The molecule has 24 heavy (non-hydrogen) atoms. The molecule has 0 amide bonds. The second-order valence-electron chi connectivity index (χ2n) is 5.44. The predicted octanol–water partition coefficient (Wildman–Crippen LogP) is 3.50. The molecule has 0 atom stereocenters. The molecule has 0 bridgehead atoms. The largest absolute Gasteiger partial charge is 0.466 e. The highest BCUT2D eigenvalue weighted by molar-refractivity contribution is 5.73. The van der Waals surface area contributed by atoms with Crippen LogP contribution in [-0.2, 0) is 15.7 Å². The summed E-state index contributed by atoms with van der Waals surface area (Å²) < 4.78 is 58.4. The summed E-state index contributed by atoms with van der Waals surface area (Å²) in [6.45, 7) is 2.43. The topological polar surface area (TPSA) is 53.3 Å². The molecule has 1 aromatic rings. The van der Waals surface area contributed by atoms with Gasteiger partial charge in [-0.2, -0.15) is 18.4 Å². The number of ether oxygens (including phenoxy) is 1. The summed E-state index contributed by atoms with van der Waals surface area (Å²) in [6.07, 6.45) is -4.20. The Balaban J connectivity index is 2.23. The number of nitrogens with zero attached hydrogens (tertiary/aromatic N) is 2. The van der Waals surface area contributed by atoms with Crippen molar-refractivity contribution in [1.29, 1.82) is 5.26 Å². The fourth-order valence-corrected chi connectivity index (χ4v) is 2.80. The molecule has 8 heteroatoms. The molecule has 1 saturated heterocycles. The number of piperidine rings is 1. The molecule has 1 aliphatic heterocycles. The molecule has 0 aromatic heterocycles. The van der Waals surface area contributed by atoms with Gasteiger partial charge in [-0.15, -0.1) is 0 Å². The molecular weight excluding hydrogens is 328 g/mol. The van der Waals surface area contributed by atoms with E-state index >= 15 is 0 Å². The number of hydrogen-bond acceptors (Lipinski definition) is 4. The van der Waals surface area contributed by atoms with Gasteiger partial charge in [-0.05, 0) is 31.9 Å². The van der Waals surface area contributed by atoms with Crippen LogP contribution in [0.15, 0.2) is 12.1 Å². The Morgan fingerprint density at radius 3 is 2.50 bits per heavy atom. The van der Waals surface area contributed by atoms with Gasteiger partial charge in [-0.1, -0.05) is 0 Å². The number of benzene rings is 1. The van der Waals surface area contributed by atoms with E-state index in [4.69, 9.17) is 10.00 Å². The number of anilines is 1. The van der Waals surface area contributed by atoms with Gasteiger partial charge in [0.15, 0.2) is 5.82 Å². The zero-order valence-corrected chi connectivity index (χ0v) is 13.0. The second kappa shape index (κ2) is 7.07. The second-order valence-corrected chi connectivity index (χ2v) is 5.44. The van der Waals surface area contributed by atoms with Crippen LogP contribution in [0.1, 0.15) is 30.9 Å². The molecule has 2 rings (SSSR count). The predicted molar refractivity (Wildman–Crippen MR) is 77.7 cm³/mol. The Kier molecular flexibility index (Phi) is 5.32. The van der Waals surface area contributed by atoms with Crippen LogP contribution in [0.4, 0.5) is 23.2 Å². The first-order valence-electron chi connectivity index (χ1n) is 7.51. The number of carbonyl (C=O) groups excluding carboxylic acids is 1. The van der Waals surface area contributed by atoms with E-state index in [-0.39, 0.29) is 37.3 Å². The van der Waals surface area contributed by atoms with Crippen LogP contribution in [0.5, 0.6) is 0 Å². The Bertz CT molecular complexity index is 659. The summed E-state index contributed by atoms with van der Waals surface area (Å²) >= 11 is 0. The molecule has 1 aliphatic rings. The minimum absolute atomic E-state index is 0.205. The molecule has 1 fully saturated rings. The highest BCUT2D eigenvalue weighted by Crippen LogP contribution is 2.38. The van der Waals surface area contributed by atoms with Crippen LogP contribution in [0.3, 0.4) is 0 Å². The molecule has 0 unspecified atom stereocenters. The lowest BCUT2D eigenvalue weighted by molar-refractivity contribution is -0.148. The molecular formula is C16H16F4N2O2. The molecule has 4 nitrogen and oxygen atoms in total. The van der Waals surface area contributed by atoms with Crippen molar-refractivity contribution in [1.82, 2.24) is 0 Å². The van der Waals surface area contributed by atoms with Gasteiger partial charge in [-0.3, -0.25) is 4.79 Å². The van der Waals surface area contributed by atoms with Crippen molar-refractivity contribution in [3.05, 3.63) is 29.1 Å². The lowest BCUT2D eigenvalue weighted by Gasteiger charge is -2.33. The lowest BCUT2D eigenvalue weighted by atomic mass is 9.96. The minimum Gasteiger partial charge on any atom is -0.466 e. The van der Waals surface area contributed by atoms with Crippen molar-refractivity contribution in [3.8, 4) is 6.07 Å². The first kappa shape index (κ1) is 18.0. The third-order valence-electron chi connectivity index (χ3n) is 3.98. The molecule has 0 spiro atoms. The Labute approximate surface area is 136 Å². The smallest absolute Gasteiger partial charge is 0.420 e. The molecule has 130 valence electrons. The van der Waals surface area contributed by atoms with E-state index in [9.17, 15) is 22.4 Å². The van der Waals surface area contributed by atoms with E-state index < -0.39 is 23.1 Å². The van der Waals surface area contributed by atoms with Gasteiger partial charge in [0.05, 0.1) is 29.8 Å². The maximum Gasteiger partial charge on any atom is 0.420 e. The zero-order valence-electron chi connectivity index (χ0n) is 13.0. The van der Waals surface area contributed by atoms with Crippen LogP contribution in [0, 0.1) is 23.1 Å². The van der Waals surface area contributed by atoms with Crippen LogP contribution in [0.25, 0.3) is 0 Å². The number of carbonyl (C=O) groups is 1. The first-order valence-corrected chi connectivity index (χ1v) is 7.51. The van der Waals surface area contributed by atoms with E-state index in [1.165, 1.54) is 17.0 Å². The van der Waals surface area contributed by atoms with E-state index in [0.717, 1.165) is 6.07 Å². The number of nitriles is 1. The maximum atomic E-state index is 14.4. The SMILES string of the molecule is CCOC(=O)C1CCN(c2ccc(C#N)c(C(F)(F)F)c2F)CC1. The fourth-order valence-electron chi connectivity index (χ4n) is 2.80. The fraction of sp³-hybridized carbons (Fsp3) is 0.500. The van der Waals surface area contributed by atoms with Crippen molar-refractivity contribution in [2.24, 2.45) is 5.92 Å². The quantitative estimate of drug-likeness (QED) is 0.622. The molecule has 0 radical (unpaired) electrons. The Morgan fingerprint density at radius 1 is 1.38 bits per heavy atom. The normalized spacial score (nSPS) is 15.9. The van der Waals surface area contributed by atoms with Crippen molar-refractivity contribution in [2.75, 3.05) is 24.6 Å². The van der Waals surface area contributed by atoms with Crippen molar-refractivity contribution in [3.63, 3.8) is 0 Å². The monoisotopic (exact) mass is 344 g/mol. The van der Waals surface area contributed by atoms with Crippen molar-refractivity contribution >= 4 is 11.7 Å². The van der Waals surface area contributed by atoms with Crippen LogP contribution in [0.2, 0.25) is 0 Å². The highest BCUT2D eigenvalue weighted by Gasteiger charge is 2.39.